The summed E-state index contributed by atoms with van der Waals surface area (Å²) in [6, 6.07) is 44.1. The summed E-state index contributed by atoms with van der Waals surface area (Å²) in [7, 11) is 0. The summed E-state index contributed by atoms with van der Waals surface area (Å²) in [5.74, 6) is 0.652. The molecule has 4 heterocycles. The lowest BCUT2D eigenvalue weighted by Crippen LogP contribution is -1.96. The number of nitrogens with zero attached hydrogens (tertiary/aromatic N) is 5. The van der Waals surface area contributed by atoms with E-state index in [1.165, 1.54) is 0 Å². The Morgan fingerprint density at radius 2 is 1.11 bits per heavy atom. The van der Waals surface area contributed by atoms with Gasteiger partial charge in [0.1, 0.15) is 0 Å². The van der Waals surface area contributed by atoms with Gasteiger partial charge in [-0.2, -0.15) is 0 Å². The summed E-state index contributed by atoms with van der Waals surface area (Å²) >= 11 is 0. The molecule has 0 bridgehead atoms. The van der Waals surface area contributed by atoms with Gasteiger partial charge in [0.05, 0.1) is 22.4 Å². The Balaban J connectivity index is 1.18. The third-order valence-electron chi connectivity index (χ3n) is 8.31. The molecule has 0 radical (unpaired) electrons. The normalized spacial score (nSPS) is 11.3. The Bertz CT molecular complexity index is 2310. The molecule has 0 atom stereocenters. The predicted molar refractivity (Wildman–Crippen MR) is 187 cm³/mol. The second-order valence-corrected chi connectivity index (χ2v) is 11.5. The summed E-state index contributed by atoms with van der Waals surface area (Å²) in [5, 5.41) is 2.20. The lowest BCUT2D eigenvalue weighted by Gasteiger charge is -2.12. The van der Waals surface area contributed by atoms with Crippen LogP contribution in [0.1, 0.15) is 11.4 Å². The summed E-state index contributed by atoms with van der Waals surface area (Å²) in [6.07, 6.45) is 3.56. The van der Waals surface area contributed by atoms with E-state index in [2.05, 4.69) is 103 Å². The average Bonchev–Trinajstić information content (AvgIpc) is 3.12. The molecule has 0 amide bonds. The maximum Gasteiger partial charge on any atom is 0.161 e. The van der Waals surface area contributed by atoms with Gasteiger partial charge in [0.2, 0.25) is 0 Å². The molecular formula is C41H29N5. The number of benzene rings is 4. The van der Waals surface area contributed by atoms with E-state index in [0.29, 0.717) is 5.82 Å². The van der Waals surface area contributed by atoms with Crippen LogP contribution in [-0.2, 0) is 0 Å². The number of hydrogen-bond donors (Lipinski definition) is 0. The molecule has 0 aliphatic heterocycles. The topological polar surface area (TPSA) is 64.5 Å². The molecule has 0 aliphatic rings. The highest BCUT2D eigenvalue weighted by atomic mass is 14.9. The third kappa shape index (κ3) is 5.18. The molecule has 0 fully saturated rings. The number of aryl methyl sites for hydroxylation is 2. The van der Waals surface area contributed by atoms with Crippen LogP contribution >= 0.6 is 0 Å². The van der Waals surface area contributed by atoms with Gasteiger partial charge >= 0.3 is 0 Å². The number of aromatic nitrogens is 5. The van der Waals surface area contributed by atoms with Crippen molar-refractivity contribution in [3.8, 4) is 56.2 Å². The minimum absolute atomic E-state index is 0.652. The fraction of sp³-hybridized carbons (Fsp3) is 0.0488. The van der Waals surface area contributed by atoms with Crippen LogP contribution in [0.5, 0.6) is 0 Å². The van der Waals surface area contributed by atoms with E-state index in [4.69, 9.17) is 19.9 Å². The summed E-state index contributed by atoms with van der Waals surface area (Å²) in [4.78, 5) is 23.9. The zero-order valence-corrected chi connectivity index (χ0v) is 25.5. The monoisotopic (exact) mass is 591 g/mol. The highest BCUT2D eigenvalue weighted by molar-refractivity contribution is 6.08. The lowest BCUT2D eigenvalue weighted by molar-refractivity contribution is 1.17. The molecule has 0 aliphatic carbocycles. The van der Waals surface area contributed by atoms with E-state index < -0.39 is 0 Å². The zero-order valence-electron chi connectivity index (χ0n) is 25.5. The Kier molecular flexibility index (Phi) is 6.84. The van der Waals surface area contributed by atoms with Gasteiger partial charge in [0.25, 0.3) is 0 Å². The second-order valence-electron chi connectivity index (χ2n) is 11.5. The van der Waals surface area contributed by atoms with Gasteiger partial charge in [-0.1, -0.05) is 91.0 Å². The van der Waals surface area contributed by atoms with E-state index >= 15 is 0 Å². The smallest absolute Gasteiger partial charge is 0.161 e. The van der Waals surface area contributed by atoms with Gasteiger partial charge in [0.15, 0.2) is 5.82 Å². The van der Waals surface area contributed by atoms with Crippen LogP contribution in [0.2, 0.25) is 0 Å². The molecule has 5 heteroatoms. The highest BCUT2D eigenvalue weighted by Crippen LogP contribution is 2.35. The SMILES string of the molecule is Cc1ccc2ccc3c(-c4cccc(-c5ccc(-c6cc(-c7ccccc7)nc(-c7cccnc7)n6)cc5)c4)cc(C)nc3c2n1. The molecule has 8 rings (SSSR count). The van der Waals surface area contributed by atoms with E-state index in [1.807, 2.05) is 43.3 Å². The first kappa shape index (κ1) is 27.5. The molecule has 0 spiro atoms. The van der Waals surface area contributed by atoms with Crippen molar-refractivity contribution < 1.29 is 0 Å². The van der Waals surface area contributed by atoms with Gasteiger partial charge < -0.3 is 0 Å². The Morgan fingerprint density at radius 3 is 1.89 bits per heavy atom. The number of pyridine rings is 3. The average molecular weight is 592 g/mol. The van der Waals surface area contributed by atoms with Crippen LogP contribution in [-0.4, -0.2) is 24.9 Å². The van der Waals surface area contributed by atoms with Crippen molar-refractivity contribution in [3.05, 3.63) is 151 Å². The Hall–Kier alpha value is -6.07. The minimum atomic E-state index is 0.652. The molecule has 5 nitrogen and oxygen atoms in total. The Labute approximate surface area is 267 Å². The summed E-state index contributed by atoms with van der Waals surface area (Å²) in [6.45, 7) is 4.08. The number of hydrogen-bond acceptors (Lipinski definition) is 5. The summed E-state index contributed by atoms with van der Waals surface area (Å²) in [5.41, 5.74) is 13.1. The van der Waals surface area contributed by atoms with Gasteiger partial charge in [-0.3, -0.25) is 15.0 Å². The number of rotatable bonds is 5. The van der Waals surface area contributed by atoms with E-state index in [-0.39, 0.29) is 0 Å². The van der Waals surface area contributed by atoms with Gasteiger partial charge in [-0.15, -0.1) is 0 Å². The van der Waals surface area contributed by atoms with Crippen LogP contribution < -0.4 is 0 Å². The predicted octanol–water partition coefficient (Wildman–Crippen LogP) is 9.92. The van der Waals surface area contributed by atoms with Crippen molar-refractivity contribution >= 4 is 21.8 Å². The van der Waals surface area contributed by atoms with Crippen LogP contribution in [0, 0.1) is 13.8 Å². The fourth-order valence-electron chi connectivity index (χ4n) is 6.01. The van der Waals surface area contributed by atoms with Crippen molar-refractivity contribution in [1.82, 2.24) is 24.9 Å². The second kappa shape index (κ2) is 11.5. The molecule has 8 aromatic rings. The van der Waals surface area contributed by atoms with E-state index in [9.17, 15) is 0 Å². The van der Waals surface area contributed by atoms with Crippen LogP contribution in [0.4, 0.5) is 0 Å². The largest absolute Gasteiger partial charge is 0.264 e. The van der Waals surface area contributed by atoms with Crippen molar-refractivity contribution in [3.63, 3.8) is 0 Å². The third-order valence-corrected chi connectivity index (χ3v) is 8.31. The molecule has 4 aromatic carbocycles. The standard InChI is InChI=1S/C41H29N5/c1-26-13-14-31-19-20-35-36(22-27(2)44-40(35)39(31)43-26)33-11-6-10-32(23-33)28-15-17-30(18-16-28)38-24-37(29-8-4-3-5-9-29)45-41(46-38)34-12-7-21-42-25-34/h3-25H,1-2H3. The van der Waals surface area contributed by atoms with Gasteiger partial charge in [0, 0.05) is 51.2 Å². The van der Waals surface area contributed by atoms with Crippen molar-refractivity contribution in [1.29, 1.82) is 0 Å². The molecule has 218 valence electrons. The molecular weight excluding hydrogens is 562 g/mol. The lowest BCUT2D eigenvalue weighted by atomic mass is 9.95. The molecule has 0 N–H and O–H groups in total. The summed E-state index contributed by atoms with van der Waals surface area (Å²) < 4.78 is 0. The van der Waals surface area contributed by atoms with Crippen LogP contribution in [0.3, 0.4) is 0 Å². The van der Waals surface area contributed by atoms with Crippen LogP contribution in [0.25, 0.3) is 78.0 Å². The van der Waals surface area contributed by atoms with Crippen molar-refractivity contribution in [2.45, 2.75) is 13.8 Å². The van der Waals surface area contributed by atoms with E-state index in [1.54, 1.807) is 12.4 Å². The maximum absolute atomic E-state index is 4.96. The maximum atomic E-state index is 4.96. The minimum Gasteiger partial charge on any atom is -0.264 e. The zero-order chi connectivity index (χ0) is 31.0. The highest BCUT2D eigenvalue weighted by Gasteiger charge is 2.13. The molecule has 4 aromatic heterocycles. The first-order chi connectivity index (χ1) is 22.6. The molecule has 46 heavy (non-hydrogen) atoms. The molecule has 0 saturated carbocycles. The molecule has 0 saturated heterocycles. The number of fused-ring (bicyclic) bond motifs is 3. The van der Waals surface area contributed by atoms with Crippen molar-refractivity contribution in [2.24, 2.45) is 0 Å². The fourth-order valence-corrected chi connectivity index (χ4v) is 6.01. The van der Waals surface area contributed by atoms with Crippen LogP contribution in [0.15, 0.2) is 140 Å². The first-order valence-electron chi connectivity index (χ1n) is 15.3. The Morgan fingerprint density at radius 1 is 0.435 bits per heavy atom. The van der Waals surface area contributed by atoms with Gasteiger partial charge in [-0.05, 0) is 72.5 Å². The first-order valence-corrected chi connectivity index (χ1v) is 15.3. The quantitative estimate of drug-likeness (QED) is 0.186. The van der Waals surface area contributed by atoms with Crippen molar-refractivity contribution in [2.75, 3.05) is 0 Å². The van der Waals surface area contributed by atoms with E-state index in [0.717, 1.165) is 83.5 Å². The van der Waals surface area contributed by atoms with Gasteiger partial charge in [-0.25, -0.2) is 9.97 Å². The molecule has 0 unspecified atom stereocenters.